The number of ether oxygens (including phenoxy) is 1. The van der Waals surface area contributed by atoms with Crippen molar-refractivity contribution in [1.82, 2.24) is 5.10 Å². The summed E-state index contributed by atoms with van der Waals surface area (Å²) in [7, 11) is 3.50. The molecule has 0 saturated carbocycles. The predicted molar refractivity (Wildman–Crippen MR) is 75.1 cm³/mol. The van der Waals surface area contributed by atoms with Gasteiger partial charge < -0.3 is 9.15 Å². The number of rotatable bonds is 3. The van der Waals surface area contributed by atoms with Crippen LogP contribution in [-0.2, 0) is 7.05 Å². The summed E-state index contributed by atoms with van der Waals surface area (Å²) in [5, 5.41) is 4.43. The quantitative estimate of drug-likeness (QED) is 0.685. The topological polar surface area (TPSA) is 39.1 Å². The molecule has 1 heterocycles. The summed E-state index contributed by atoms with van der Waals surface area (Å²) >= 11 is 0. The molecular weight excluding hydrogens is 252 g/mol. The first kappa shape index (κ1) is 12.4. The minimum absolute atomic E-state index is 0.592. The third-order valence-corrected chi connectivity index (χ3v) is 3.09. The molecule has 0 spiro atoms. The van der Waals surface area contributed by atoms with Gasteiger partial charge in [0.1, 0.15) is 11.3 Å². The number of nitrogens with zero attached hydrogens (tertiary/aromatic N) is 2. The molecular formula is C16H15N2O2+. The van der Waals surface area contributed by atoms with E-state index in [1.54, 1.807) is 11.8 Å². The molecule has 0 aliphatic rings. The summed E-state index contributed by atoms with van der Waals surface area (Å²) in [6.07, 6.45) is 0. The molecule has 0 unspecified atom stereocenters. The van der Waals surface area contributed by atoms with Crippen LogP contribution in [0, 0.1) is 0 Å². The number of aryl methyl sites for hydroxylation is 1. The van der Waals surface area contributed by atoms with Crippen LogP contribution in [0.25, 0.3) is 22.9 Å². The fraction of sp³-hybridized carbons (Fsp3) is 0.125. The van der Waals surface area contributed by atoms with E-state index in [1.165, 1.54) is 0 Å². The van der Waals surface area contributed by atoms with E-state index in [4.69, 9.17) is 9.15 Å². The third kappa shape index (κ3) is 2.16. The van der Waals surface area contributed by atoms with E-state index >= 15 is 0 Å². The molecule has 0 amide bonds. The van der Waals surface area contributed by atoms with E-state index in [9.17, 15) is 0 Å². The predicted octanol–water partition coefficient (Wildman–Crippen LogP) is 2.84. The maximum atomic E-state index is 5.90. The van der Waals surface area contributed by atoms with Crippen LogP contribution >= 0.6 is 0 Å². The lowest BCUT2D eigenvalue weighted by atomic mass is 10.2. The van der Waals surface area contributed by atoms with Crippen LogP contribution in [0.3, 0.4) is 0 Å². The summed E-state index contributed by atoms with van der Waals surface area (Å²) < 4.78 is 13.0. The Kier molecular flexibility index (Phi) is 3.21. The molecule has 4 heteroatoms. The highest BCUT2D eigenvalue weighted by Gasteiger charge is 2.24. The Balaban J connectivity index is 2.10. The van der Waals surface area contributed by atoms with Gasteiger partial charge in [0.15, 0.2) is 7.05 Å². The van der Waals surface area contributed by atoms with Crippen molar-refractivity contribution in [2.45, 2.75) is 0 Å². The number of benzene rings is 2. The largest absolute Gasteiger partial charge is 0.496 e. The summed E-state index contributed by atoms with van der Waals surface area (Å²) in [5.74, 6) is 2.02. The van der Waals surface area contributed by atoms with Crippen molar-refractivity contribution in [3.05, 3.63) is 54.6 Å². The monoisotopic (exact) mass is 267 g/mol. The molecule has 20 heavy (non-hydrogen) atoms. The molecule has 0 saturated heterocycles. The van der Waals surface area contributed by atoms with E-state index in [-0.39, 0.29) is 0 Å². The van der Waals surface area contributed by atoms with Gasteiger partial charge in [-0.25, -0.2) is 0 Å². The molecule has 0 radical (unpaired) electrons. The number of methoxy groups -OCH3 is 1. The Labute approximate surface area is 117 Å². The van der Waals surface area contributed by atoms with Gasteiger partial charge in [0.2, 0.25) is 0 Å². The Morgan fingerprint density at radius 1 is 1.00 bits per heavy atom. The van der Waals surface area contributed by atoms with Crippen LogP contribution in [0.2, 0.25) is 0 Å². The highest BCUT2D eigenvalue weighted by molar-refractivity contribution is 5.62. The van der Waals surface area contributed by atoms with Crippen molar-refractivity contribution in [2.75, 3.05) is 7.11 Å². The van der Waals surface area contributed by atoms with Crippen LogP contribution in [0.5, 0.6) is 5.75 Å². The van der Waals surface area contributed by atoms with Gasteiger partial charge in [0, 0.05) is 10.7 Å². The van der Waals surface area contributed by atoms with Gasteiger partial charge in [-0.1, -0.05) is 30.3 Å². The molecule has 0 aliphatic carbocycles. The Hall–Kier alpha value is -2.62. The SMILES string of the molecule is COc1ccccc1-c1oc(-c2ccccc2)n[n+]1C. The second kappa shape index (κ2) is 5.17. The summed E-state index contributed by atoms with van der Waals surface area (Å²) in [5.41, 5.74) is 1.83. The normalized spacial score (nSPS) is 10.5. The molecule has 3 rings (SSSR count). The molecule has 0 aliphatic heterocycles. The van der Waals surface area contributed by atoms with Crippen molar-refractivity contribution in [3.8, 4) is 28.7 Å². The first-order valence-corrected chi connectivity index (χ1v) is 6.35. The maximum absolute atomic E-state index is 5.90. The molecule has 2 aromatic carbocycles. The van der Waals surface area contributed by atoms with E-state index < -0.39 is 0 Å². The van der Waals surface area contributed by atoms with E-state index in [0.717, 1.165) is 16.9 Å². The second-order valence-electron chi connectivity index (χ2n) is 4.40. The number of aromatic nitrogens is 2. The third-order valence-electron chi connectivity index (χ3n) is 3.09. The van der Waals surface area contributed by atoms with E-state index in [1.807, 2.05) is 61.6 Å². The Bertz CT molecular complexity index is 720. The highest BCUT2D eigenvalue weighted by Crippen LogP contribution is 2.29. The lowest BCUT2D eigenvalue weighted by Crippen LogP contribution is -2.32. The summed E-state index contributed by atoms with van der Waals surface area (Å²) in [6, 6.07) is 17.6. The van der Waals surface area contributed by atoms with Crippen molar-refractivity contribution < 1.29 is 13.8 Å². The van der Waals surface area contributed by atoms with E-state index in [2.05, 4.69) is 5.10 Å². The number of para-hydroxylation sites is 1. The average Bonchev–Trinajstić information content (AvgIpc) is 2.90. The second-order valence-corrected chi connectivity index (χ2v) is 4.40. The van der Waals surface area contributed by atoms with Gasteiger partial charge in [-0.3, -0.25) is 0 Å². The van der Waals surface area contributed by atoms with Crippen molar-refractivity contribution >= 4 is 0 Å². The van der Waals surface area contributed by atoms with Gasteiger partial charge in [-0.05, 0) is 28.9 Å². The number of hydrogen-bond acceptors (Lipinski definition) is 3. The van der Waals surface area contributed by atoms with E-state index in [0.29, 0.717) is 11.8 Å². The Morgan fingerprint density at radius 2 is 1.70 bits per heavy atom. The standard InChI is InChI=1S/C16H15N2O2/c1-18-16(13-10-6-7-11-14(13)19-2)20-15(17-18)12-8-4-3-5-9-12/h3-11H,1-2H3/q+1. The molecule has 4 nitrogen and oxygen atoms in total. The highest BCUT2D eigenvalue weighted by atomic mass is 16.5. The van der Waals surface area contributed by atoms with Gasteiger partial charge in [0.05, 0.1) is 7.11 Å². The zero-order valence-electron chi connectivity index (χ0n) is 11.4. The molecule has 0 atom stereocenters. The fourth-order valence-electron chi connectivity index (χ4n) is 2.11. The van der Waals surface area contributed by atoms with Gasteiger partial charge in [-0.2, -0.15) is 0 Å². The molecule has 3 aromatic rings. The lowest BCUT2D eigenvalue weighted by Gasteiger charge is -2.01. The first-order chi connectivity index (χ1) is 9.79. The molecule has 0 bridgehead atoms. The van der Waals surface area contributed by atoms with Crippen molar-refractivity contribution in [2.24, 2.45) is 7.05 Å². The van der Waals surface area contributed by atoms with Crippen LogP contribution in [0.4, 0.5) is 0 Å². The maximum Gasteiger partial charge on any atom is 0.411 e. The van der Waals surface area contributed by atoms with Gasteiger partial charge >= 0.3 is 5.89 Å². The minimum Gasteiger partial charge on any atom is -0.496 e. The van der Waals surface area contributed by atoms with Gasteiger partial charge in [0.25, 0.3) is 5.89 Å². The van der Waals surface area contributed by atoms with Gasteiger partial charge in [-0.15, -0.1) is 0 Å². The summed E-state index contributed by atoms with van der Waals surface area (Å²) in [4.78, 5) is 0. The smallest absolute Gasteiger partial charge is 0.411 e. The first-order valence-electron chi connectivity index (χ1n) is 6.35. The van der Waals surface area contributed by atoms with Crippen LogP contribution < -0.4 is 9.42 Å². The molecule has 0 fully saturated rings. The van der Waals surface area contributed by atoms with Crippen LogP contribution in [0.1, 0.15) is 0 Å². The minimum atomic E-state index is 0.592. The molecule has 0 N–H and O–H groups in total. The zero-order valence-corrected chi connectivity index (χ0v) is 11.4. The molecule has 1 aromatic heterocycles. The van der Waals surface area contributed by atoms with Crippen molar-refractivity contribution in [1.29, 1.82) is 0 Å². The van der Waals surface area contributed by atoms with Crippen molar-refractivity contribution in [3.63, 3.8) is 0 Å². The Morgan fingerprint density at radius 3 is 2.45 bits per heavy atom. The molecule has 100 valence electrons. The lowest BCUT2D eigenvalue weighted by molar-refractivity contribution is -0.719. The summed E-state index contributed by atoms with van der Waals surface area (Å²) in [6.45, 7) is 0. The number of hydrogen-bond donors (Lipinski definition) is 0. The van der Waals surface area contributed by atoms with Crippen LogP contribution in [0.15, 0.2) is 59.0 Å². The fourth-order valence-corrected chi connectivity index (χ4v) is 2.11. The average molecular weight is 267 g/mol. The van der Waals surface area contributed by atoms with Crippen LogP contribution in [-0.4, -0.2) is 12.2 Å². The zero-order chi connectivity index (χ0) is 13.9.